The fraction of sp³-hybridized carbons (Fsp3) is 0.409. The monoisotopic (exact) mass is 384 g/mol. The predicted octanol–water partition coefficient (Wildman–Crippen LogP) is 3.03. The minimum Gasteiger partial charge on any atom is -0.493 e. The topological polar surface area (TPSA) is 60.0 Å². The molecule has 1 amide bonds. The van der Waals surface area contributed by atoms with Crippen molar-refractivity contribution in [1.29, 1.82) is 0 Å². The molecular weight excluding hydrogens is 356 g/mol. The highest BCUT2D eigenvalue weighted by Crippen LogP contribution is 2.30. The summed E-state index contributed by atoms with van der Waals surface area (Å²) in [7, 11) is 3.21. The van der Waals surface area contributed by atoms with Crippen LogP contribution in [0.2, 0.25) is 0 Å². The van der Waals surface area contributed by atoms with Crippen LogP contribution in [0.1, 0.15) is 34.5 Å². The zero-order valence-electron chi connectivity index (χ0n) is 16.7. The van der Waals surface area contributed by atoms with Crippen molar-refractivity contribution < 1.29 is 19.0 Å². The molecule has 1 aliphatic heterocycles. The summed E-state index contributed by atoms with van der Waals surface area (Å²) < 4.78 is 16.0. The molecule has 1 fully saturated rings. The Morgan fingerprint density at radius 3 is 2.57 bits per heavy atom. The quantitative estimate of drug-likeness (QED) is 0.795. The Morgan fingerprint density at radius 2 is 1.86 bits per heavy atom. The number of nitrogens with zero attached hydrogens (tertiary/aromatic N) is 1. The summed E-state index contributed by atoms with van der Waals surface area (Å²) in [6, 6.07) is 13.3. The van der Waals surface area contributed by atoms with Crippen LogP contribution in [-0.2, 0) is 11.3 Å². The normalized spacial score (nSPS) is 15.7. The Morgan fingerprint density at radius 1 is 1.11 bits per heavy atom. The number of benzene rings is 2. The van der Waals surface area contributed by atoms with Gasteiger partial charge in [-0.3, -0.25) is 9.69 Å². The first kappa shape index (κ1) is 20.2. The van der Waals surface area contributed by atoms with Crippen molar-refractivity contribution in [2.45, 2.75) is 19.5 Å². The minimum atomic E-state index is -0.157. The van der Waals surface area contributed by atoms with E-state index >= 15 is 0 Å². The molecule has 0 spiro atoms. The second kappa shape index (κ2) is 9.57. The van der Waals surface area contributed by atoms with Crippen molar-refractivity contribution in [2.24, 2.45) is 0 Å². The van der Waals surface area contributed by atoms with Crippen LogP contribution in [0.4, 0.5) is 0 Å². The number of hydrogen-bond acceptors (Lipinski definition) is 5. The number of rotatable bonds is 7. The zero-order valence-corrected chi connectivity index (χ0v) is 16.7. The fourth-order valence-corrected chi connectivity index (χ4v) is 3.31. The van der Waals surface area contributed by atoms with Gasteiger partial charge in [0.2, 0.25) is 0 Å². The van der Waals surface area contributed by atoms with Crippen molar-refractivity contribution in [3.63, 3.8) is 0 Å². The molecule has 0 saturated carbocycles. The van der Waals surface area contributed by atoms with E-state index in [-0.39, 0.29) is 11.9 Å². The van der Waals surface area contributed by atoms with Crippen LogP contribution in [0.15, 0.2) is 42.5 Å². The maximum absolute atomic E-state index is 12.7. The van der Waals surface area contributed by atoms with E-state index in [4.69, 9.17) is 14.2 Å². The van der Waals surface area contributed by atoms with Crippen molar-refractivity contribution >= 4 is 5.91 Å². The standard InChI is InChI=1S/C22H28N2O4/c1-16(18-7-8-20(26-2)21(14-18)27-3)23-22(25)19-6-4-5-17(13-19)15-24-9-11-28-12-10-24/h4-8,13-14,16H,9-12,15H2,1-3H3,(H,23,25)/t16-/m0/s1. The van der Waals surface area contributed by atoms with Gasteiger partial charge in [0.1, 0.15) is 0 Å². The highest BCUT2D eigenvalue weighted by molar-refractivity contribution is 5.94. The molecule has 3 rings (SSSR count). The zero-order chi connectivity index (χ0) is 19.9. The molecule has 1 saturated heterocycles. The molecule has 6 heteroatoms. The van der Waals surface area contributed by atoms with Crippen LogP contribution >= 0.6 is 0 Å². The van der Waals surface area contributed by atoms with Crippen LogP contribution in [0.5, 0.6) is 11.5 Å². The molecule has 0 unspecified atom stereocenters. The highest BCUT2D eigenvalue weighted by Gasteiger charge is 2.15. The Balaban J connectivity index is 1.66. The second-order valence-electron chi connectivity index (χ2n) is 6.90. The third-order valence-corrected chi connectivity index (χ3v) is 4.95. The van der Waals surface area contributed by atoms with Crippen LogP contribution in [0, 0.1) is 0 Å². The molecule has 0 aliphatic carbocycles. The van der Waals surface area contributed by atoms with Gasteiger partial charge < -0.3 is 19.5 Å². The maximum Gasteiger partial charge on any atom is 0.251 e. The van der Waals surface area contributed by atoms with Crippen molar-refractivity contribution in [1.82, 2.24) is 10.2 Å². The Hall–Kier alpha value is -2.57. The lowest BCUT2D eigenvalue weighted by molar-refractivity contribution is 0.0342. The summed E-state index contributed by atoms with van der Waals surface area (Å²) in [6.07, 6.45) is 0. The van der Waals surface area contributed by atoms with Crippen molar-refractivity contribution in [2.75, 3.05) is 40.5 Å². The van der Waals surface area contributed by atoms with Gasteiger partial charge >= 0.3 is 0 Å². The Bertz CT molecular complexity index is 803. The number of morpholine rings is 1. The van der Waals surface area contributed by atoms with Crippen LogP contribution in [-0.4, -0.2) is 51.3 Å². The molecule has 0 radical (unpaired) electrons. The van der Waals surface area contributed by atoms with Crippen molar-refractivity contribution in [3.8, 4) is 11.5 Å². The lowest BCUT2D eigenvalue weighted by atomic mass is 10.1. The number of amides is 1. The van der Waals surface area contributed by atoms with Crippen molar-refractivity contribution in [3.05, 3.63) is 59.2 Å². The van der Waals surface area contributed by atoms with E-state index in [0.717, 1.165) is 44.0 Å². The smallest absolute Gasteiger partial charge is 0.251 e. The number of carbonyl (C=O) groups is 1. The van der Waals surface area contributed by atoms with Gasteiger partial charge in [-0.25, -0.2) is 0 Å². The first-order valence-electron chi connectivity index (χ1n) is 9.52. The molecule has 1 aliphatic rings. The molecule has 2 aromatic rings. The van der Waals surface area contributed by atoms with E-state index in [9.17, 15) is 4.79 Å². The summed E-state index contributed by atoms with van der Waals surface area (Å²) >= 11 is 0. The molecule has 150 valence electrons. The minimum absolute atomic E-state index is 0.0916. The third-order valence-electron chi connectivity index (χ3n) is 4.95. The lowest BCUT2D eigenvalue weighted by Crippen LogP contribution is -2.35. The first-order chi connectivity index (χ1) is 13.6. The van der Waals surface area contributed by atoms with E-state index in [1.54, 1.807) is 14.2 Å². The molecular formula is C22H28N2O4. The van der Waals surface area contributed by atoms with Gasteiger partial charge in [0, 0.05) is 25.2 Å². The summed E-state index contributed by atoms with van der Waals surface area (Å²) in [5.74, 6) is 1.22. The number of ether oxygens (including phenoxy) is 3. The SMILES string of the molecule is COc1ccc([C@H](C)NC(=O)c2cccc(CN3CCOCC3)c2)cc1OC. The highest BCUT2D eigenvalue weighted by atomic mass is 16.5. The molecule has 2 aromatic carbocycles. The van der Waals surface area contributed by atoms with Gasteiger partial charge in [-0.15, -0.1) is 0 Å². The number of nitrogens with one attached hydrogen (secondary N) is 1. The van der Waals surface area contributed by atoms with E-state index in [1.165, 1.54) is 0 Å². The van der Waals surface area contributed by atoms with Crippen LogP contribution in [0.25, 0.3) is 0 Å². The van der Waals surface area contributed by atoms with E-state index in [0.29, 0.717) is 17.1 Å². The molecule has 6 nitrogen and oxygen atoms in total. The second-order valence-corrected chi connectivity index (χ2v) is 6.90. The summed E-state index contributed by atoms with van der Waals surface area (Å²) in [6.45, 7) is 6.16. The maximum atomic E-state index is 12.7. The molecule has 1 atom stereocenters. The van der Waals surface area contributed by atoms with E-state index < -0.39 is 0 Å². The molecule has 1 heterocycles. The van der Waals surface area contributed by atoms with Gasteiger partial charge in [0.05, 0.1) is 33.5 Å². The predicted molar refractivity (Wildman–Crippen MR) is 108 cm³/mol. The van der Waals surface area contributed by atoms with Gasteiger partial charge in [-0.05, 0) is 42.3 Å². The summed E-state index contributed by atoms with van der Waals surface area (Å²) in [5.41, 5.74) is 2.75. The molecule has 1 N–H and O–H groups in total. The largest absolute Gasteiger partial charge is 0.493 e. The number of methoxy groups -OCH3 is 2. The molecule has 0 aromatic heterocycles. The molecule has 0 bridgehead atoms. The average molecular weight is 384 g/mol. The van der Waals surface area contributed by atoms with Gasteiger partial charge in [-0.2, -0.15) is 0 Å². The fourth-order valence-electron chi connectivity index (χ4n) is 3.31. The number of hydrogen-bond donors (Lipinski definition) is 1. The van der Waals surface area contributed by atoms with Gasteiger partial charge in [0.25, 0.3) is 5.91 Å². The van der Waals surface area contributed by atoms with E-state index in [2.05, 4.69) is 16.3 Å². The van der Waals surface area contributed by atoms with Gasteiger partial charge in [0.15, 0.2) is 11.5 Å². The Labute approximate surface area is 166 Å². The first-order valence-corrected chi connectivity index (χ1v) is 9.52. The van der Waals surface area contributed by atoms with E-state index in [1.807, 2.05) is 43.3 Å². The van der Waals surface area contributed by atoms with Gasteiger partial charge in [-0.1, -0.05) is 18.2 Å². The summed E-state index contributed by atoms with van der Waals surface area (Å²) in [5, 5.41) is 3.06. The number of carbonyl (C=O) groups excluding carboxylic acids is 1. The molecule has 28 heavy (non-hydrogen) atoms. The lowest BCUT2D eigenvalue weighted by Gasteiger charge is -2.26. The van der Waals surface area contributed by atoms with Crippen LogP contribution < -0.4 is 14.8 Å². The van der Waals surface area contributed by atoms with Crippen LogP contribution in [0.3, 0.4) is 0 Å². The summed E-state index contributed by atoms with van der Waals surface area (Å²) in [4.78, 5) is 15.1. The Kier molecular flexibility index (Phi) is 6.90. The third kappa shape index (κ3) is 5.03. The average Bonchev–Trinajstić information content (AvgIpc) is 2.74.